The van der Waals surface area contributed by atoms with Gasteiger partial charge in [0.15, 0.2) is 6.61 Å². The Labute approximate surface area is 160 Å². The van der Waals surface area contributed by atoms with Gasteiger partial charge in [0, 0.05) is 16.1 Å². The van der Waals surface area contributed by atoms with Crippen LogP contribution in [-0.4, -0.2) is 25.1 Å². The zero-order valence-corrected chi connectivity index (χ0v) is 15.3. The lowest BCUT2D eigenvalue weighted by Gasteiger charge is -2.17. The highest BCUT2D eigenvalue weighted by molar-refractivity contribution is 8.03. The van der Waals surface area contributed by atoms with E-state index in [-0.39, 0.29) is 6.61 Å². The van der Waals surface area contributed by atoms with E-state index in [9.17, 15) is 9.59 Å². The first-order chi connectivity index (χ1) is 13.1. The third kappa shape index (κ3) is 4.68. The second kappa shape index (κ2) is 8.43. The van der Waals surface area contributed by atoms with E-state index in [0.717, 1.165) is 27.8 Å². The molecule has 0 saturated carbocycles. The number of carbonyl (C=O) groups excluding carboxylic acids is 2. The van der Waals surface area contributed by atoms with Crippen molar-refractivity contribution in [3.8, 4) is 11.2 Å². The molecule has 1 aliphatic rings. The van der Waals surface area contributed by atoms with Crippen LogP contribution < -0.4 is 10.1 Å². The van der Waals surface area contributed by atoms with E-state index in [4.69, 9.17) is 14.7 Å². The normalized spacial score (nSPS) is 12.1. The predicted molar refractivity (Wildman–Crippen MR) is 102 cm³/mol. The molecule has 0 aromatic heterocycles. The Hall–Kier alpha value is -3.24. The molecule has 0 bridgehead atoms. The van der Waals surface area contributed by atoms with Crippen LogP contribution in [0.5, 0.6) is 5.75 Å². The van der Waals surface area contributed by atoms with E-state index in [1.54, 1.807) is 24.3 Å². The van der Waals surface area contributed by atoms with E-state index in [2.05, 4.69) is 5.32 Å². The third-order valence-corrected chi connectivity index (χ3v) is 4.44. The van der Waals surface area contributed by atoms with Gasteiger partial charge in [-0.25, -0.2) is 4.79 Å². The van der Waals surface area contributed by atoms with Crippen molar-refractivity contribution >= 4 is 35.4 Å². The molecule has 0 aliphatic carbocycles. The number of thiocyanates is 1. The summed E-state index contributed by atoms with van der Waals surface area (Å²) in [6, 6.07) is 12.6. The van der Waals surface area contributed by atoms with E-state index in [1.807, 2.05) is 36.6 Å². The second-order valence-electron chi connectivity index (χ2n) is 5.79. The number of thioether (sulfide) groups is 1. The summed E-state index contributed by atoms with van der Waals surface area (Å²) in [7, 11) is 0. The van der Waals surface area contributed by atoms with Crippen LogP contribution in [0.15, 0.2) is 52.9 Å². The quantitative estimate of drug-likeness (QED) is 0.485. The molecule has 1 amide bonds. The second-order valence-corrected chi connectivity index (χ2v) is 6.65. The molecule has 3 rings (SSSR count). The maximum Gasteiger partial charge on any atom is 0.338 e. The Kier molecular flexibility index (Phi) is 5.79. The Morgan fingerprint density at radius 2 is 2.11 bits per heavy atom. The number of carbonyl (C=O) groups is 2. The maximum atomic E-state index is 12.2. The number of nitrogens with one attached hydrogen (secondary N) is 1. The molecular weight excluding hydrogens is 364 g/mol. The van der Waals surface area contributed by atoms with E-state index in [1.165, 1.54) is 0 Å². The van der Waals surface area contributed by atoms with Gasteiger partial charge < -0.3 is 14.8 Å². The van der Waals surface area contributed by atoms with E-state index < -0.39 is 18.5 Å². The lowest BCUT2D eigenvalue weighted by Crippen LogP contribution is -2.24. The van der Waals surface area contributed by atoms with Gasteiger partial charge in [0.25, 0.3) is 5.91 Å². The molecule has 1 heterocycles. The van der Waals surface area contributed by atoms with Crippen molar-refractivity contribution in [2.75, 3.05) is 18.5 Å². The first-order valence-electron chi connectivity index (χ1n) is 8.13. The summed E-state index contributed by atoms with van der Waals surface area (Å²) < 4.78 is 10.6. The van der Waals surface area contributed by atoms with Crippen molar-refractivity contribution in [3.05, 3.63) is 59.2 Å². The molecular formula is C20H16N2O4S. The Morgan fingerprint density at radius 3 is 2.89 bits per heavy atom. The Morgan fingerprint density at radius 1 is 1.30 bits per heavy atom. The van der Waals surface area contributed by atoms with Gasteiger partial charge in [-0.1, -0.05) is 18.2 Å². The number of amides is 1. The van der Waals surface area contributed by atoms with Gasteiger partial charge >= 0.3 is 5.97 Å². The highest BCUT2D eigenvalue weighted by Crippen LogP contribution is 2.26. The number of anilines is 1. The van der Waals surface area contributed by atoms with Crippen LogP contribution in [0, 0.1) is 17.6 Å². The van der Waals surface area contributed by atoms with Crippen LogP contribution >= 0.6 is 11.8 Å². The monoisotopic (exact) mass is 380 g/mol. The van der Waals surface area contributed by atoms with Crippen LogP contribution in [0.4, 0.5) is 5.69 Å². The summed E-state index contributed by atoms with van der Waals surface area (Å²) >= 11 is 1.05. The fraction of sp³-hybridized carbons (Fsp3) is 0.150. The zero-order valence-electron chi connectivity index (χ0n) is 14.5. The largest absolute Gasteiger partial charge is 0.488 e. The number of nitrogens with zero attached hydrogens (tertiary/aromatic N) is 1. The van der Waals surface area contributed by atoms with Crippen molar-refractivity contribution in [1.82, 2.24) is 0 Å². The molecule has 136 valence electrons. The van der Waals surface area contributed by atoms with Crippen LogP contribution in [0.2, 0.25) is 0 Å². The van der Waals surface area contributed by atoms with Gasteiger partial charge in [0.2, 0.25) is 0 Å². The number of esters is 1. The number of hydrogen-bond acceptors (Lipinski definition) is 6. The molecule has 0 spiro atoms. The van der Waals surface area contributed by atoms with Gasteiger partial charge in [-0.3, -0.25) is 4.79 Å². The van der Waals surface area contributed by atoms with E-state index >= 15 is 0 Å². The molecule has 6 nitrogen and oxygen atoms in total. The summed E-state index contributed by atoms with van der Waals surface area (Å²) in [5.41, 5.74) is 2.57. The number of benzene rings is 2. The summed E-state index contributed by atoms with van der Waals surface area (Å²) in [4.78, 5) is 25.0. The van der Waals surface area contributed by atoms with Crippen molar-refractivity contribution in [2.45, 2.75) is 11.8 Å². The van der Waals surface area contributed by atoms with Crippen molar-refractivity contribution in [2.24, 2.45) is 0 Å². The lowest BCUT2D eigenvalue weighted by atomic mass is 10.1. The first kappa shape index (κ1) is 18.5. The fourth-order valence-corrected chi connectivity index (χ4v) is 3.01. The molecule has 0 fully saturated rings. The molecule has 0 saturated heterocycles. The fourth-order valence-electron chi connectivity index (χ4n) is 2.54. The number of para-hydroxylation sites is 1. The van der Waals surface area contributed by atoms with Crippen LogP contribution in [0.3, 0.4) is 0 Å². The molecule has 27 heavy (non-hydrogen) atoms. The standard InChI is InChI=1S/C20H16N2O4S/c1-13-8-16(27-12-21)6-7-17(13)22-19(23)11-26-20(24)15-9-14-4-2-3-5-18(14)25-10-15/h2-9H,10-11H2,1H3,(H,22,23). The maximum absolute atomic E-state index is 12.2. The van der Waals surface area contributed by atoms with Crippen molar-refractivity contribution < 1.29 is 19.1 Å². The van der Waals surface area contributed by atoms with Crippen LogP contribution in [0.25, 0.3) is 6.08 Å². The summed E-state index contributed by atoms with van der Waals surface area (Å²) in [5, 5.41) is 13.4. The molecule has 2 aromatic rings. The van der Waals surface area contributed by atoms with Crippen LogP contribution in [-0.2, 0) is 14.3 Å². The first-order valence-corrected chi connectivity index (χ1v) is 8.94. The van der Waals surface area contributed by atoms with Gasteiger partial charge in [-0.15, -0.1) is 0 Å². The molecule has 2 aromatic carbocycles. The lowest BCUT2D eigenvalue weighted by molar-refractivity contribution is -0.143. The number of fused-ring (bicyclic) bond motifs is 1. The Balaban J connectivity index is 1.56. The summed E-state index contributed by atoms with van der Waals surface area (Å²) in [6.07, 6.45) is 1.70. The minimum Gasteiger partial charge on any atom is -0.488 e. The molecule has 7 heteroatoms. The third-order valence-electron chi connectivity index (χ3n) is 3.86. The minimum atomic E-state index is -0.586. The smallest absolute Gasteiger partial charge is 0.338 e. The molecule has 1 N–H and O–H groups in total. The average molecular weight is 380 g/mol. The summed E-state index contributed by atoms with van der Waals surface area (Å²) in [5.74, 6) is -0.317. The van der Waals surface area contributed by atoms with Crippen molar-refractivity contribution in [3.63, 3.8) is 0 Å². The number of nitriles is 1. The summed E-state index contributed by atoms with van der Waals surface area (Å²) in [6.45, 7) is 1.53. The number of aryl methyl sites for hydroxylation is 1. The topological polar surface area (TPSA) is 88.4 Å². The van der Waals surface area contributed by atoms with E-state index in [0.29, 0.717) is 17.0 Å². The minimum absolute atomic E-state index is 0.106. The molecule has 1 aliphatic heterocycles. The number of ether oxygens (including phenoxy) is 2. The van der Waals surface area contributed by atoms with Gasteiger partial charge in [0.1, 0.15) is 17.8 Å². The average Bonchev–Trinajstić information content (AvgIpc) is 2.68. The predicted octanol–water partition coefficient (Wildman–Crippen LogP) is 3.53. The van der Waals surface area contributed by atoms with Gasteiger partial charge in [0.05, 0.1) is 5.57 Å². The molecule has 0 unspecified atom stereocenters. The molecule has 0 radical (unpaired) electrons. The van der Waals surface area contributed by atoms with Crippen molar-refractivity contribution in [1.29, 1.82) is 5.26 Å². The zero-order chi connectivity index (χ0) is 19.2. The molecule has 0 atom stereocenters. The Bertz CT molecular complexity index is 963. The highest BCUT2D eigenvalue weighted by atomic mass is 32.2. The van der Waals surface area contributed by atoms with Gasteiger partial charge in [-0.05, 0) is 54.6 Å². The highest BCUT2D eigenvalue weighted by Gasteiger charge is 2.19. The number of rotatable bonds is 5. The van der Waals surface area contributed by atoms with Crippen LogP contribution in [0.1, 0.15) is 11.1 Å². The van der Waals surface area contributed by atoms with Gasteiger partial charge in [-0.2, -0.15) is 5.26 Å². The SMILES string of the molecule is Cc1cc(SC#N)ccc1NC(=O)COC(=O)C1=Cc2ccccc2OC1. The number of hydrogen-bond donors (Lipinski definition) is 1.